The molecule has 4 nitrogen and oxygen atoms in total. The van der Waals surface area contributed by atoms with Crippen molar-refractivity contribution in [1.29, 1.82) is 0 Å². The van der Waals surface area contributed by atoms with E-state index in [-0.39, 0.29) is 5.76 Å². The lowest BCUT2D eigenvalue weighted by molar-refractivity contribution is 0.0656. The topological polar surface area (TPSA) is 63.3 Å². The molecule has 0 amide bonds. The summed E-state index contributed by atoms with van der Waals surface area (Å²) in [6.07, 6.45) is 3.13. The maximum Gasteiger partial charge on any atom is 0.371 e. The molecule has 0 aliphatic rings. The van der Waals surface area contributed by atoms with Crippen LogP contribution in [0.3, 0.4) is 0 Å². The van der Waals surface area contributed by atoms with Crippen LogP contribution in [-0.4, -0.2) is 16.1 Å². The zero-order valence-electron chi connectivity index (χ0n) is 7.88. The lowest BCUT2D eigenvalue weighted by atomic mass is 10.5. The Morgan fingerprint density at radius 1 is 1.44 bits per heavy atom. The van der Waals surface area contributed by atoms with Crippen LogP contribution in [0.5, 0.6) is 0 Å². The number of hydrogen-bond acceptors (Lipinski definition) is 4. The third-order valence-corrected chi connectivity index (χ3v) is 3.15. The largest absolute Gasteiger partial charge is 0.475 e. The Balaban J connectivity index is 2.21. The van der Waals surface area contributed by atoms with Crippen molar-refractivity contribution in [2.24, 2.45) is 0 Å². The number of aromatic carboxylic acids is 1. The van der Waals surface area contributed by atoms with Gasteiger partial charge in [-0.1, -0.05) is 23.4 Å². The van der Waals surface area contributed by atoms with Crippen molar-refractivity contribution in [1.82, 2.24) is 4.98 Å². The van der Waals surface area contributed by atoms with Crippen LogP contribution in [0.2, 0.25) is 5.02 Å². The molecule has 0 unspecified atom stereocenters. The van der Waals surface area contributed by atoms with Crippen LogP contribution >= 0.6 is 23.4 Å². The molecule has 0 aliphatic carbocycles. The second kappa shape index (κ2) is 4.59. The molecule has 82 valence electrons. The highest BCUT2D eigenvalue weighted by molar-refractivity contribution is 7.99. The van der Waals surface area contributed by atoms with E-state index in [9.17, 15) is 4.79 Å². The van der Waals surface area contributed by atoms with Gasteiger partial charge in [0.15, 0.2) is 5.09 Å². The van der Waals surface area contributed by atoms with E-state index in [2.05, 4.69) is 4.98 Å². The SMILES string of the molecule is O=C(O)c1ccc(Sc2ccncc2Cl)o1. The number of carboxylic acid groups (broad SMARTS) is 1. The smallest absolute Gasteiger partial charge is 0.371 e. The predicted molar refractivity (Wildman–Crippen MR) is 59.0 cm³/mol. The van der Waals surface area contributed by atoms with Gasteiger partial charge < -0.3 is 9.52 Å². The molecule has 0 saturated carbocycles. The molecule has 2 heterocycles. The van der Waals surface area contributed by atoms with E-state index < -0.39 is 5.97 Å². The van der Waals surface area contributed by atoms with Crippen LogP contribution in [0.25, 0.3) is 0 Å². The highest BCUT2D eigenvalue weighted by Crippen LogP contribution is 2.33. The molecule has 0 spiro atoms. The molecule has 0 aliphatic heterocycles. The van der Waals surface area contributed by atoms with Crippen molar-refractivity contribution >= 4 is 29.3 Å². The summed E-state index contributed by atoms with van der Waals surface area (Å²) in [5, 5.41) is 9.66. The average molecular weight is 256 g/mol. The molecule has 2 aromatic heterocycles. The quantitative estimate of drug-likeness (QED) is 0.913. The Morgan fingerprint density at radius 2 is 2.25 bits per heavy atom. The Morgan fingerprint density at radius 3 is 2.88 bits per heavy atom. The first-order chi connectivity index (χ1) is 7.66. The number of rotatable bonds is 3. The van der Waals surface area contributed by atoms with Gasteiger partial charge in [-0.15, -0.1) is 0 Å². The van der Waals surface area contributed by atoms with Gasteiger partial charge in [-0.3, -0.25) is 4.98 Å². The van der Waals surface area contributed by atoms with Crippen LogP contribution in [0.4, 0.5) is 0 Å². The lowest BCUT2D eigenvalue weighted by Crippen LogP contribution is -1.91. The number of carbonyl (C=O) groups is 1. The highest BCUT2D eigenvalue weighted by Gasteiger charge is 2.11. The van der Waals surface area contributed by atoms with Crippen molar-refractivity contribution in [2.75, 3.05) is 0 Å². The van der Waals surface area contributed by atoms with Gasteiger partial charge in [-0.25, -0.2) is 4.79 Å². The molecular weight excluding hydrogens is 250 g/mol. The monoisotopic (exact) mass is 255 g/mol. The third kappa shape index (κ3) is 2.37. The normalized spacial score (nSPS) is 10.3. The van der Waals surface area contributed by atoms with Crippen molar-refractivity contribution in [3.05, 3.63) is 41.4 Å². The Bertz CT molecular complexity index is 526. The Hall–Kier alpha value is -1.46. The second-order valence-electron chi connectivity index (χ2n) is 2.83. The zero-order valence-corrected chi connectivity index (χ0v) is 9.46. The predicted octanol–water partition coefficient (Wildman–Crippen LogP) is 3.18. The summed E-state index contributed by atoms with van der Waals surface area (Å²) < 4.78 is 5.09. The van der Waals surface area contributed by atoms with E-state index in [1.165, 1.54) is 24.0 Å². The van der Waals surface area contributed by atoms with E-state index in [4.69, 9.17) is 21.1 Å². The molecule has 16 heavy (non-hydrogen) atoms. The first-order valence-corrected chi connectivity index (χ1v) is 5.47. The first kappa shape index (κ1) is 11.0. The lowest BCUT2D eigenvalue weighted by Gasteiger charge is -1.99. The molecule has 0 fully saturated rings. The van der Waals surface area contributed by atoms with Crippen LogP contribution in [0, 0.1) is 0 Å². The minimum atomic E-state index is -1.09. The van der Waals surface area contributed by atoms with E-state index in [0.29, 0.717) is 10.1 Å². The van der Waals surface area contributed by atoms with E-state index >= 15 is 0 Å². The Kier molecular flexibility index (Phi) is 3.17. The van der Waals surface area contributed by atoms with Gasteiger partial charge in [0.2, 0.25) is 5.76 Å². The van der Waals surface area contributed by atoms with Gasteiger partial charge in [0.05, 0.1) is 5.02 Å². The average Bonchev–Trinajstić information content (AvgIpc) is 2.70. The van der Waals surface area contributed by atoms with E-state index in [1.54, 1.807) is 18.3 Å². The molecule has 0 bridgehead atoms. The van der Waals surface area contributed by atoms with Gasteiger partial charge in [0.1, 0.15) is 0 Å². The minimum Gasteiger partial charge on any atom is -0.475 e. The molecule has 0 radical (unpaired) electrons. The number of aromatic nitrogens is 1. The standard InChI is InChI=1S/C10H6ClNO3S/c11-6-5-12-4-3-8(6)16-9-2-1-7(15-9)10(13)14/h1-5H,(H,13,14). The van der Waals surface area contributed by atoms with Crippen LogP contribution in [0.1, 0.15) is 10.6 Å². The number of furan rings is 1. The van der Waals surface area contributed by atoms with Crippen molar-refractivity contribution in [3.8, 4) is 0 Å². The van der Waals surface area contributed by atoms with Gasteiger partial charge in [-0.2, -0.15) is 0 Å². The second-order valence-corrected chi connectivity index (χ2v) is 4.29. The summed E-state index contributed by atoms with van der Waals surface area (Å²) in [7, 11) is 0. The fraction of sp³-hybridized carbons (Fsp3) is 0. The highest BCUT2D eigenvalue weighted by atomic mass is 35.5. The van der Waals surface area contributed by atoms with Crippen molar-refractivity contribution in [3.63, 3.8) is 0 Å². The number of carboxylic acids is 1. The number of hydrogen-bond donors (Lipinski definition) is 1. The van der Waals surface area contributed by atoms with Gasteiger partial charge in [0.25, 0.3) is 0 Å². The van der Waals surface area contributed by atoms with E-state index in [1.807, 2.05) is 0 Å². The van der Waals surface area contributed by atoms with Crippen LogP contribution < -0.4 is 0 Å². The summed E-state index contributed by atoms with van der Waals surface area (Å²) in [4.78, 5) is 15.2. The Labute approximate surface area is 100 Å². The van der Waals surface area contributed by atoms with Gasteiger partial charge in [-0.05, 0) is 18.2 Å². The molecule has 1 N–H and O–H groups in total. The van der Waals surface area contributed by atoms with Crippen molar-refractivity contribution in [2.45, 2.75) is 9.99 Å². The summed E-state index contributed by atoms with van der Waals surface area (Å²) in [5.74, 6) is -1.18. The fourth-order valence-electron chi connectivity index (χ4n) is 1.04. The molecule has 0 aromatic carbocycles. The van der Waals surface area contributed by atoms with Gasteiger partial charge in [0, 0.05) is 17.3 Å². The number of pyridine rings is 1. The minimum absolute atomic E-state index is 0.0901. The van der Waals surface area contributed by atoms with Crippen LogP contribution in [-0.2, 0) is 0 Å². The molecular formula is C10H6ClNO3S. The molecule has 2 rings (SSSR count). The van der Waals surface area contributed by atoms with Crippen LogP contribution in [0.15, 0.2) is 45.0 Å². The molecule has 0 saturated heterocycles. The summed E-state index contributed by atoms with van der Waals surface area (Å²) in [5.41, 5.74) is 0. The summed E-state index contributed by atoms with van der Waals surface area (Å²) >= 11 is 7.15. The maximum absolute atomic E-state index is 10.6. The zero-order chi connectivity index (χ0) is 11.5. The molecule has 6 heteroatoms. The van der Waals surface area contributed by atoms with Gasteiger partial charge >= 0.3 is 5.97 Å². The van der Waals surface area contributed by atoms with E-state index in [0.717, 1.165) is 4.90 Å². The fourth-order valence-corrected chi connectivity index (χ4v) is 2.04. The first-order valence-electron chi connectivity index (χ1n) is 4.27. The summed E-state index contributed by atoms with van der Waals surface area (Å²) in [6.45, 7) is 0. The molecule has 2 aromatic rings. The number of nitrogens with zero attached hydrogens (tertiary/aromatic N) is 1. The maximum atomic E-state index is 10.6. The molecule has 0 atom stereocenters. The number of halogens is 1. The summed E-state index contributed by atoms with van der Waals surface area (Å²) in [6, 6.07) is 4.72. The van der Waals surface area contributed by atoms with Crippen molar-refractivity contribution < 1.29 is 14.3 Å². The third-order valence-electron chi connectivity index (χ3n) is 1.74.